The number of allylic oxidation sites excluding steroid dienone is 3. The second-order valence-corrected chi connectivity index (χ2v) is 9.82. The van der Waals surface area contributed by atoms with Crippen molar-refractivity contribution in [2.24, 2.45) is 40.9 Å². The van der Waals surface area contributed by atoms with E-state index in [9.17, 15) is 9.59 Å². The fourth-order valence-electron chi connectivity index (χ4n) is 6.93. The van der Waals surface area contributed by atoms with E-state index >= 15 is 0 Å². The molecule has 0 aromatic rings. The van der Waals surface area contributed by atoms with E-state index in [2.05, 4.69) is 33.4 Å². The molecule has 0 saturated heterocycles. The molecule has 28 heavy (non-hydrogen) atoms. The van der Waals surface area contributed by atoms with Crippen LogP contribution in [0.3, 0.4) is 0 Å². The first-order valence-corrected chi connectivity index (χ1v) is 11.6. The second kappa shape index (κ2) is 10.0. The minimum absolute atomic E-state index is 0.255. The Balaban J connectivity index is 0.000000500. The maximum atomic E-state index is 11.1. The molecule has 158 valence electrons. The fourth-order valence-corrected chi connectivity index (χ4v) is 6.93. The molecule has 0 amide bonds. The number of aldehydes is 1. The second-order valence-electron chi connectivity index (χ2n) is 9.82. The number of fused-ring (bicyclic) bond motifs is 3. The third-order valence-electron chi connectivity index (χ3n) is 8.32. The topological polar surface area (TPSA) is 34.1 Å². The van der Waals surface area contributed by atoms with Gasteiger partial charge < -0.3 is 4.79 Å². The highest BCUT2D eigenvalue weighted by Gasteiger charge is 2.57. The van der Waals surface area contributed by atoms with Gasteiger partial charge in [0, 0.05) is 6.42 Å². The molecule has 0 aromatic heterocycles. The van der Waals surface area contributed by atoms with Crippen LogP contribution in [0.15, 0.2) is 24.3 Å². The van der Waals surface area contributed by atoms with E-state index in [4.69, 9.17) is 0 Å². The van der Waals surface area contributed by atoms with Crippen LogP contribution in [0.5, 0.6) is 0 Å². The van der Waals surface area contributed by atoms with Crippen LogP contribution in [0, 0.1) is 40.9 Å². The first-order chi connectivity index (χ1) is 13.3. The van der Waals surface area contributed by atoms with Gasteiger partial charge in [0.25, 0.3) is 0 Å². The lowest BCUT2D eigenvalue weighted by Gasteiger charge is -2.53. The van der Waals surface area contributed by atoms with Crippen molar-refractivity contribution in [2.45, 2.75) is 86.0 Å². The van der Waals surface area contributed by atoms with Crippen LogP contribution >= 0.6 is 0 Å². The summed E-state index contributed by atoms with van der Waals surface area (Å²) < 4.78 is 0. The van der Waals surface area contributed by atoms with Gasteiger partial charge in [-0.1, -0.05) is 45.8 Å². The van der Waals surface area contributed by atoms with Gasteiger partial charge in [-0.15, -0.1) is 6.58 Å². The van der Waals surface area contributed by atoms with Crippen LogP contribution in [0.1, 0.15) is 86.0 Å². The number of carbonyl (C=O) groups is 2. The summed E-state index contributed by atoms with van der Waals surface area (Å²) in [6, 6.07) is 0. The minimum atomic E-state index is 0.255. The Labute approximate surface area is 173 Å². The molecule has 0 heterocycles. The van der Waals surface area contributed by atoms with Crippen molar-refractivity contribution in [3.8, 4) is 0 Å². The van der Waals surface area contributed by atoms with Crippen LogP contribution < -0.4 is 0 Å². The Morgan fingerprint density at radius 3 is 2.46 bits per heavy atom. The van der Waals surface area contributed by atoms with E-state index < -0.39 is 0 Å². The monoisotopic (exact) mass is 386 g/mol. The van der Waals surface area contributed by atoms with E-state index in [1.165, 1.54) is 44.1 Å². The zero-order chi connectivity index (χ0) is 20.9. The predicted molar refractivity (Wildman–Crippen MR) is 118 cm³/mol. The zero-order valence-corrected chi connectivity index (χ0v) is 18.9. The Morgan fingerprint density at radius 2 is 1.93 bits per heavy atom. The molecule has 7 atom stereocenters. The first kappa shape index (κ1) is 23.1. The fraction of sp³-hybridized carbons (Fsp3) is 0.769. The molecule has 3 fully saturated rings. The Bertz CT molecular complexity index is 589. The molecule has 2 nitrogen and oxygen atoms in total. The van der Waals surface area contributed by atoms with Crippen LogP contribution in [0.4, 0.5) is 0 Å². The molecule has 3 rings (SSSR count). The van der Waals surface area contributed by atoms with E-state index in [-0.39, 0.29) is 5.78 Å². The highest BCUT2D eigenvalue weighted by atomic mass is 16.1. The molecule has 0 aliphatic heterocycles. The van der Waals surface area contributed by atoms with E-state index in [1.807, 2.05) is 13.0 Å². The van der Waals surface area contributed by atoms with E-state index in [1.54, 1.807) is 6.92 Å². The number of ketones is 1. The molecule has 6 unspecified atom stereocenters. The number of carbonyl (C=O) groups excluding carboxylic acids is 2. The van der Waals surface area contributed by atoms with Crippen molar-refractivity contribution in [1.29, 1.82) is 0 Å². The number of rotatable bonds is 5. The lowest BCUT2D eigenvalue weighted by Crippen LogP contribution is -2.45. The lowest BCUT2D eigenvalue weighted by atomic mass is 9.52. The largest absolute Gasteiger partial charge is 0.300 e. The number of hydrogen-bond donors (Lipinski definition) is 0. The van der Waals surface area contributed by atoms with Gasteiger partial charge >= 0.3 is 0 Å². The maximum Gasteiger partial charge on any atom is 0.142 e. The molecule has 0 bridgehead atoms. The number of hydrogen-bond acceptors (Lipinski definition) is 2. The summed E-state index contributed by atoms with van der Waals surface area (Å²) in [4.78, 5) is 20.9. The summed E-state index contributed by atoms with van der Waals surface area (Å²) in [6.07, 6.45) is 14.9. The summed E-state index contributed by atoms with van der Waals surface area (Å²) in [7, 11) is 0. The summed E-state index contributed by atoms with van der Waals surface area (Å²) in [5.74, 6) is 4.99. The quantitative estimate of drug-likeness (QED) is 0.296. The minimum Gasteiger partial charge on any atom is -0.300 e. The molecule has 0 N–H and O–H groups in total. The van der Waals surface area contributed by atoms with Crippen molar-refractivity contribution in [1.82, 2.24) is 0 Å². The van der Waals surface area contributed by atoms with Crippen LogP contribution in [0.2, 0.25) is 0 Å². The van der Waals surface area contributed by atoms with Gasteiger partial charge in [0.05, 0.1) is 0 Å². The van der Waals surface area contributed by atoms with Crippen LogP contribution in [-0.4, -0.2) is 12.1 Å². The Kier molecular flexibility index (Phi) is 8.28. The summed E-state index contributed by atoms with van der Waals surface area (Å²) in [5, 5.41) is 0. The lowest BCUT2D eigenvalue weighted by molar-refractivity contribution is -0.116. The predicted octanol–water partition coefficient (Wildman–Crippen LogP) is 6.80. The average Bonchev–Trinajstić information content (AvgIpc) is 2.93. The Morgan fingerprint density at radius 1 is 1.25 bits per heavy atom. The average molecular weight is 387 g/mol. The van der Waals surface area contributed by atoms with Gasteiger partial charge in [-0.2, -0.15) is 0 Å². The van der Waals surface area contributed by atoms with Gasteiger partial charge in [0.15, 0.2) is 0 Å². The molecule has 0 spiro atoms. The third-order valence-corrected chi connectivity index (χ3v) is 8.32. The molecule has 0 radical (unpaired) electrons. The highest BCUT2D eigenvalue weighted by molar-refractivity contribution is 5.74. The maximum absolute atomic E-state index is 11.1. The van der Waals surface area contributed by atoms with Gasteiger partial charge in [-0.3, -0.25) is 4.79 Å². The smallest absolute Gasteiger partial charge is 0.142 e. The van der Waals surface area contributed by atoms with Gasteiger partial charge in [-0.25, -0.2) is 0 Å². The van der Waals surface area contributed by atoms with Crippen LogP contribution in [-0.2, 0) is 9.59 Å². The molecular formula is C26H42O2. The van der Waals surface area contributed by atoms with Crippen molar-refractivity contribution in [3.05, 3.63) is 24.3 Å². The van der Waals surface area contributed by atoms with Gasteiger partial charge in [-0.05, 0) is 92.4 Å². The third kappa shape index (κ3) is 4.52. The highest BCUT2D eigenvalue weighted by Crippen LogP contribution is 2.64. The molecule has 3 aliphatic carbocycles. The van der Waals surface area contributed by atoms with Crippen LogP contribution in [0.25, 0.3) is 0 Å². The van der Waals surface area contributed by atoms with Gasteiger partial charge in [0.2, 0.25) is 0 Å². The SMILES string of the molecule is C=CC1[C@H](C)CC2C3CC/C(=C/C=O)C(CCC)C3CCC21C.CCC(C)=O. The summed E-state index contributed by atoms with van der Waals surface area (Å²) in [6.45, 7) is 14.9. The van der Waals surface area contributed by atoms with Crippen molar-refractivity contribution >= 4 is 12.1 Å². The standard InChI is InChI=1S/C22H34O.C4H8O/c1-5-7-17-16(11-13-23)8-9-19-18(17)10-12-22(4)20(6-2)15(3)14-21(19)22;1-3-4(2)5/h6,11,13,15,17-21H,2,5,7-10,12,14H2,1,3-4H3;3H2,1-2H3/b16-11-;/t15-,17?,18?,19?,20?,21?,22?;/m1./s1. The first-order valence-electron chi connectivity index (χ1n) is 11.6. The summed E-state index contributed by atoms with van der Waals surface area (Å²) >= 11 is 0. The molecule has 2 heteroatoms. The molecule has 0 aromatic carbocycles. The van der Waals surface area contributed by atoms with E-state index in [0.29, 0.717) is 23.7 Å². The van der Waals surface area contributed by atoms with Crippen molar-refractivity contribution in [3.63, 3.8) is 0 Å². The Hall–Kier alpha value is -1.18. The van der Waals surface area contributed by atoms with E-state index in [0.717, 1.165) is 36.4 Å². The molecular weight excluding hydrogens is 344 g/mol. The van der Waals surface area contributed by atoms with Crippen molar-refractivity contribution < 1.29 is 9.59 Å². The molecule has 3 saturated carbocycles. The zero-order valence-electron chi connectivity index (χ0n) is 18.9. The number of Topliss-reactive ketones (excluding diaryl/α,β-unsaturated/α-hetero) is 1. The normalized spacial score (nSPS) is 40.7. The van der Waals surface area contributed by atoms with Gasteiger partial charge in [0.1, 0.15) is 12.1 Å². The molecule has 3 aliphatic rings. The summed E-state index contributed by atoms with van der Waals surface area (Å²) in [5.41, 5.74) is 1.93. The van der Waals surface area contributed by atoms with Crippen molar-refractivity contribution in [2.75, 3.05) is 0 Å².